The van der Waals surface area contributed by atoms with Crippen LogP contribution in [0.5, 0.6) is 5.75 Å². The summed E-state index contributed by atoms with van der Waals surface area (Å²) in [6.45, 7) is 1.34. The summed E-state index contributed by atoms with van der Waals surface area (Å²) in [5, 5.41) is 0. The predicted octanol–water partition coefficient (Wildman–Crippen LogP) is 1.16. The molecule has 0 aromatic heterocycles. The van der Waals surface area contributed by atoms with Crippen molar-refractivity contribution in [1.82, 2.24) is 4.31 Å². The highest BCUT2D eigenvalue weighted by atomic mass is 32.2. The lowest BCUT2D eigenvalue weighted by atomic mass is 9.99. The van der Waals surface area contributed by atoms with Gasteiger partial charge in [0.25, 0.3) is 0 Å². The standard InChI is InChI=1S/C13H20FN3O3S/c1-20-11-2-3-12(14)13(8-11)16-21(18,19)17-6-4-10(9-15)5-7-17/h2-3,8,10,16H,4-7,9,15H2,1H3. The van der Waals surface area contributed by atoms with Crippen molar-refractivity contribution >= 4 is 15.9 Å². The quantitative estimate of drug-likeness (QED) is 0.853. The van der Waals surface area contributed by atoms with Crippen LogP contribution in [0.4, 0.5) is 10.1 Å². The van der Waals surface area contributed by atoms with E-state index in [1.54, 1.807) is 0 Å². The Morgan fingerprint density at radius 1 is 1.43 bits per heavy atom. The molecule has 1 aliphatic heterocycles. The minimum atomic E-state index is -3.77. The maximum Gasteiger partial charge on any atom is 0.301 e. The van der Waals surface area contributed by atoms with Gasteiger partial charge in [-0.3, -0.25) is 4.72 Å². The molecule has 3 N–H and O–H groups in total. The van der Waals surface area contributed by atoms with E-state index < -0.39 is 16.0 Å². The summed E-state index contributed by atoms with van der Waals surface area (Å²) >= 11 is 0. The maximum atomic E-state index is 13.7. The number of nitrogens with two attached hydrogens (primary N) is 1. The van der Waals surface area contributed by atoms with Crippen molar-refractivity contribution in [3.63, 3.8) is 0 Å². The number of hydrogen-bond donors (Lipinski definition) is 2. The van der Waals surface area contributed by atoms with Crippen LogP contribution in [0.15, 0.2) is 18.2 Å². The maximum absolute atomic E-state index is 13.7. The number of halogens is 1. The number of piperidine rings is 1. The van der Waals surface area contributed by atoms with Crippen LogP contribution in [-0.2, 0) is 10.2 Å². The van der Waals surface area contributed by atoms with Gasteiger partial charge in [-0.25, -0.2) is 4.39 Å². The molecule has 0 bridgehead atoms. The van der Waals surface area contributed by atoms with Gasteiger partial charge in [-0.05, 0) is 37.4 Å². The zero-order valence-electron chi connectivity index (χ0n) is 11.9. The van der Waals surface area contributed by atoms with E-state index in [1.807, 2.05) is 0 Å². The molecule has 1 aromatic carbocycles. The number of rotatable bonds is 5. The van der Waals surface area contributed by atoms with Crippen molar-refractivity contribution in [1.29, 1.82) is 0 Å². The molecule has 1 aliphatic rings. The van der Waals surface area contributed by atoms with Crippen molar-refractivity contribution in [3.05, 3.63) is 24.0 Å². The third-order valence-electron chi connectivity index (χ3n) is 3.66. The fourth-order valence-electron chi connectivity index (χ4n) is 2.30. The minimum absolute atomic E-state index is 0.115. The summed E-state index contributed by atoms with van der Waals surface area (Å²) in [6.07, 6.45) is 1.44. The number of nitrogens with one attached hydrogen (secondary N) is 1. The van der Waals surface area contributed by atoms with Gasteiger partial charge in [-0.15, -0.1) is 0 Å². The average Bonchev–Trinajstić information content (AvgIpc) is 2.49. The van der Waals surface area contributed by atoms with Crippen molar-refractivity contribution in [3.8, 4) is 5.75 Å². The Kier molecular flexibility index (Phi) is 5.02. The van der Waals surface area contributed by atoms with E-state index in [2.05, 4.69) is 4.72 Å². The van der Waals surface area contributed by atoms with Crippen LogP contribution >= 0.6 is 0 Å². The second kappa shape index (κ2) is 6.59. The smallest absolute Gasteiger partial charge is 0.301 e. The average molecular weight is 317 g/mol. The van der Waals surface area contributed by atoms with Crippen LogP contribution in [-0.4, -0.2) is 39.5 Å². The first-order valence-corrected chi connectivity index (χ1v) is 8.21. The normalized spacial score (nSPS) is 17.7. The Labute approximate surface area is 124 Å². The fourth-order valence-corrected chi connectivity index (χ4v) is 3.55. The molecule has 1 fully saturated rings. The zero-order chi connectivity index (χ0) is 15.5. The van der Waals surface area contributed by atoms with E-state index >= 15 is 0 Å². The van der Waals surface area contributed by atoms with Gasteiger partial charge in [0.15, 0.2) is 0 Å². The predicted molar refractivity (Wildman–Crippen MR) is 78.8 cm³/mol. The molecule has 0 aliphatic carbocycles. The highest BCUT2D eigenvalue weighted by Crippen LogP contribution is 2.24. The molecule has 0 amide bonds. The molecular formula is C13H20FN3O3S. The molecule has 0 atom stereocenters. The van der Waals surface area contributed by atoms with Crippen LogP contribution in [0.1, 0.15) is 12.8 Å². The first-order valence-electron chi connectivity index (χ1n) is 6.77. The lowest BCUT2D eigenvalue weighted by molar-refractivity contribution is 0.280. The summed E-state index contributed by atoms with van der Waals surface area (Å²) in [5.41, 5.74) is 5.47. The fraction of sp³-hybridized carbons (Fsp3) is 0.538. The summed E-state index contributed by atoms with van der Waals surface area (Å²) in [5.74, 6) is 0.0946. The number of nitrogens with zero attached hydrogens (tertiary/aromatic N) is 1. The zero-order valence-corrected chi connectivity index (χ0v) is 12.7. The molecule has 0 unspecified atom stereocenters. The van der Waals surface area contributed by atoms with Gasteiger partial charge in [0.05, 0.1) is 12.8 Å². The lowest BCUT2D eigenvalue weighted by Crippen LogP contribution is -2.42. The second-order valence-corrected chi connectivity index (χ2v) is 6.70. The highest BCUT2D eigenvalue weighted by Gasteiger charge is 2.28. The van der Waals surface area contributed by atoms with Crippen molar-refractivity contribution < 1.29 is 17.5 Å². The molecule has 1 heterocycles. The van der Waals surface area contributed by atoms with Gasteiger partial charge in [0.2, 0.25) is 0 Å². The summed E-state index contributed by atoms with van der Waals surface area (Å²) in [4.78, 5) is 0. The molecule has 6 nitrogen and oxygen atoms in total. The minimum Gasteiger partial charge on any atom is -0.497 e. The van der Waals surface area contributed by atoms with E-state index in [4.69, 9.17) is 10.5 Å². The SMILES string of the molecule is COc1ccc(F)c(NS(=O)(=O)N2CCC(CN)CC2)c1. The molecule has 21 heavy (non-hydrogen) atoms. The number of ether oxygens (including phenoxy) is 1. The number of benzene rings is 1. The molecular weight excluding hydrogens is 297 g/mol. The van der Waals surface area contributed by atoms with Gasteiger partial charge in [0.1, 0.15) is 11.6 Å². The summed E-state index contributed by atoms with van der Waals surface area (Å²) in [7, 11) is -2.33. The van der Waals surface area contributed by atoms with E-state index in [9.17, 15) is 12.8 Å². The van der Waals surface area contributed by atoms with Crippen LogP contribution < -0.4 is 15.2 Å². The monoisotopic (exact) mass is 317 g/mol. The van der Waals surface area contributed by atoms with Gasteiger partial charge < -0.3 is 10.5 Å². The van der Waals surface area contributed by atoms with Crippen LogP contribution in [0.2, 0.25) is 0 Å². The molecule has 118 valence electrons. The van der Waals surface area contributed by atoms with Crippen molar-refractivity contribution in [2.75, 3.05) is 31.5 Å². The Morgan fingerprint density at radius 3 is 2.67 bits per heavy atom. The highest BCUT2D eigenvalue weighted by molar-refractivity contribution is 7.90. The lowest BCUT2D eigenvalue weighted by Gasteiger charge is -2.30. The molecule has 0 radical (unpaired) electrons. The van der Waals surface area contributed by atoms with Crippen LogP contribution in [0.3, 0.4) is 0 Å². The molecule has 0 spiro atoms. The largest absolute Gasteiger partial charge is 0.497 e. The second-order valence-electron chi connectivity index (χ2n) is 5.03. The summed E-state index contributed by atoms with van der Waals surface area (Å²) < 4.78 is 46.8. The Balaban J connectivity index is 2.11. The molecule has 2 rings (SSSR count). The topological polar surface area (TPSA) is 84.7 Å². The Bertz CT molecular complexity index is 586. The van der Waals surface area contributed by atoms with E-state index in [-0.39, 0.29) is 5.69 Å². The Hall–Kier alpha value is -1.38. The molecule has 1 aromatic rings. The Morgan fingerprint density at radius 2 is 2.10 bits per heavy atom. The number of hydrogen-bond acceptors (Lipinski definition) is 4. The van der Waals surface area contributed by atoms with Gasteiger partial charge >= 0.3 is 10.2 Å². The van der Waals surface area contributed by atoms with E-state index in [0.29, 0.717) is 31.3 Å². The first-order chi connectivity index (χ1) is 9.96. The van der Waals surface area contributed by atoms with E-state index in [1.165, 1.54) is 23.5 Å². The first kappa shape index (κ1) is 16.0. The third-order valence-corrected chi connectivity index (χ3v) is 5.18. The molecule has 8 heteroatoms. The van der Waals surface area contributed by atoms with Gasteiger partial charge in [0, 0.05) is 19.2 Å². The number of methoxy groups -OCH3 is 1. The van der Waals surface area contributed by atoms with Crippen LogP contribution in [0, 0.1) is 11.7 Å². The molecule has 0 saturated carbocycles. The molecule has 1 saturated heterocycles. The van der Waals surface area contributed by atoms with Gasteiger partial charge in [-0.1, -0.05) is 0 Å². The van der Waals surface area contributed by atoms with Crippen LogP contribution in [0.25, 0.3) is 0 Å². The van der Waals surface area contributed by atoms with Crippen molar-refractivity contribution in [2.45, 2.75) is 12.8 Å². The van der Waals surface area contributed by atoms with E-state index in [0.717, 1.165) is 18.9 Å². The summed E-state index contributed by atoms with van der Waals surface area (Å²) in [6, 6.07) is 3.91. The third kappa shape index (κ3) is 3.84. The van der Waals surface area contributed by atoms with Gasteiger partial charge in [-0.2, -0.15) is 12.7 Å². The van der Waals surface area contributed by atoms with Crippen molar-refractivity contribution in [2.24, 2.45) is 11.7 Å². The number of anilines is 1.